The van der Waals surface area contributed by atoms with Crippen LogP contribution in [0.2, 0.25) is 0 Å². The molecule has 1 saturated carbocycles. The average Bonchev–Trinajstić information content (AvgIpc) is 2.97. The van der Waals surface area contributed by atoms with E-state index in [-0.39, 0.29) is 0 Å². The van der Waals surface area contributed by atoms with Crippen molar-refractivity contribution in [3.63, 3.8) is 0 Å². The summed E-state index contributed by atoms with van der Waals surface area (Å²) in [5, 5.41) is 4.81. The van der Waals surface area contributed by atoms with Gasteiger partial charge in [-0.25, -0.2) is 0 Å². The summed E-state index contributed by atoms with van der Waals surface area (Å²) in [5.74, 6) is 0.971. The molecule has 1 aromatic carbocycles. The molecule has 0 saturated heterocycles. The molecular formula is C17H22N2. The summed E-state index contributed by atoms with van der Waals surface area (Å²) in [5.41, 5.74) is 2.45. The fraction of sp³-hybridized carbons (Fsp3) is 0.471. The smallest absolute Gasteiger partial charge is 0.0746 e. The number of aromatic nitrogens is 1. The van der Waals surface area contributed by atoms with Gasteiger partial charge >= 0.3 is 0 Å². The molecule has 3 rings (SSSR count). The van der Waals surface area contributed by atoms with Crippen LogP contribution in [0.25, 0.3) is 10.9 Å². The highest BCUT2D eigenvalue weighted by molar-refractivity contribution is 5.81. The fourth-order valence-corrected chi connectivity index (χ4v) is 3.14. The third kappa shape index (κ3) is 3.13. The minimum atomic E-state index is 0.932. The van der Waals surface area contributed by atoms with E-state index in [4.69, 9.17) is 0 Å². The van der Waals surface area contributed by atoms with Crippen molar-refractivity contribution in [3.8, 4) is 0 Å². The van der Waals surface area contributed by atoms with E-state index < -0.39 is 0 Å². The SMILES string of the molecule is c1cnc2c(CNCCC3CCCC3)cccc2c1. The molecule has 0 unspecified atom stereocenters. The number of pyridine rings is 1. The Hall–Kier alpha value is -1.41. The van der Waals surface area contributed by atoms with Gasteiger partial charge in [-0.2, -0.15) is 0 Å². The molecule has 0 atom stereocenters. The van der Waals surface area contributed by atoms with Gasteiger partial charge in [-0.1, -0.05) is 49.9 Å². The average molecular weight is 254 g/mol. The van der Waals surface area contributed by atoms with E-state index in [2.05, 4.69) is 34.6 Å². The minimum Gasteiger partial charge on any atom is -0.313 e. The van der Waals surface area contributed by atoms with Crippen molar-refractivity contribution in [1.82, 2.24) is 10.3 Å². The number of rotatable bonds is 5. The summed E-state index contributed by atoms with van der Waals surface area (Å²) in [6, 6.07) is 10.6. The molecule has 2 nitrogen and oxygen atoms in total. The molecule has 1 aromatic heterocycles. The fourth-order valence-electron chi connectivity index (χ4n) is 3.14. The van der Waals surface area contributed by atoms with Gasteiger partial charge in [-0.3, -0.25) is 4.98 Å². The van der Waals surface area contributed by atoms with E-state index in [9.17, 15) is 0 Å². The Balaban J connectivity index is 1.56. The number of nitrogens with one attached hydrogen (secondary N) is 1. The first-order valence-electron chi connectivity index (χ1n) is 7.47. The molecule has 0 bridgehead atoms. The largest absolute Gasteiger partial charge is 0.313 e. The predicted molar refractivity (Wildman–Crippen MR) is 80.0 cm³/mol. The van der Waals surface area contributed by atoms with Gasteiger partial charge in [-0.15, -0.1) is 0 Å². The Labute approximate surface area is 115 Å². The van der Waals surface area contributed by atoms with Crippen LogP contribution in [0.1, 0.15) is 37.7 Å². The lowest BCUT2D eigenvalue weighted by Gasteiger charge is -2.10. The van der Waals surface area contributed by atoms with Gasteiger partial charge in [0.1, 0.15) is 0 Å². The van der Waals surface area contributed by atoms with Crippen LogP contribution in [0.5, 0.6) is 0 Å². The maximum atomic E-state index is 4.50. The highest BCUT2D eigenvalue weighted by atomic mass is 14.9. The normalized spacial score (nSPS) is 16.2. The van der Waals surface area contributed by atoms with Crippen LogP contribution in [0.15, 0.2) is 36.5 Å². The molecule has 0 aliphatic heterocycles. The second-order valence-corrected chi connectivity index (χ2v) is 5.61. The summed E-state index contributed by atoms with van der Waals surface area (Å²) >= 11 is 0. The highest BCUT2D eigenvalue weighted by Gasteiger charge is 2.13. The van der Waals surface area contributed by atoms with Gasteiger partial charge in [0.25, 0.3) is 0 Å². The number of benzene rings is 1. The van der Waals surface area contributed by atoms with E-state index in [1.807, 2.05) is 12.3 Å². The van der Waals surface area contributed by atoms with E-state index in [1.54, 1.807) is 0 Å². The van der Waals surface area contributed by atoms with Crippen molar-refractivity contribution in [3.05, 3.63) is 42.1 Å². The van der Waals surface area contributed by atoms with Gasteiger partial charge in [0.15, 0.2) is 0 Å². The summed E-state index contributed by atoms with van der Waals surface area (Å²) < 4.78 is 0. The third-order valence-corrected chi connectivity index (χ3v) is 4.24. The molecule has 0 spiro atoms. The zero-order chi connectivity index (χ0) is 12.9. The zero-order valence-corrected chi connectivity index (χ0v) is 11.4. The molecule has 1 heterocycles. The zero-order valence-electron chi connectivity index (χ0n) is 11.4. The van der Waals surface area contributed by atoms with Crippen molar-refractivity contribution >= 4 is 10.9 Å². The molecule has 1 aliphatic rings. The number of hydrogen-bond donors (Lipinski definition) is 1. The molecule has 2 aromatic rings. The summed E-state index contributed by atoms with van der Waals surface area (Å²) in [4.78, 5) is 4.50. The van der Waals surface area contributed by atoms with Crippen LogP contribution < -0.4 is 5.32 Å². The topological polar surface area (TPSA) is 24.9 Å². The molecule has 1 aliphatic carbocycles. The molecule has 1 N–H and O–H groups in total. The lowest BCUT2D eigenvalue weighted by Crippen LogP contribution is -2.17. The predicted octanol–water partition coefficient (Wildman–Crippen LogP) is 3.90. The van der Waals surface area contributed by atoms with Crippen LogP contribution >= 0.6 is 0 Å². The molecule has 100 valence electrons. The Morgan fingerprint density at radius 2 is 1.95 bits per heavy atom. The Kier molecular flexibility index (Phi) is 4.09. The van der Waals surface area contributed by atoms with Crippen molar-refractivity contribution in [1.29, 1.82) is 0 Å². The first kappa shape index (κ1) is 12.6. The van der Waals surface area contributed by atoms with E-state index >= 15 is 0 Å². The van der Waals surface area contributed by atoms with Crippen molar-refractivity contribution in [2.24, 2.45) is 5.92 Å². The first-order valence-corrected chi connectivity index (χ1v) is 7.47. The second-order valence-electron chi connectivity index (χ2n) is 5.61. The highest BCUT2D eigenvalue weighted by Crippen LogP contribution is 2.27. The molecule has 1 fully saturated rings. The minimum absolute atomic E-state index is 0.932. The van der Waals surface area contributed by atoms with Crippen molar-refractivity contribution in [2.45, 2.75) is 38.6 Å². The summed E-state index contributed by atoms with van der Waals surface area (Å²) in [6.45, 7) is 2.06. The quantitative estimate of drug-likeness (QED) is 0.818. The van der Waals surface area contributed by atoms with Crippen LogP contribution in [0.4, 0.5) is 0 Å². The standard InChI is InChI=1S/C17H22N2/c1-2-6-14(5-1)10-12-18-13-16-8-3-7-15-9-4-11-19-17(15)16/h3-4,7-9,11,14,18H,1-2,5-6,10,12-13H2. The number of nitrogens with zero attached hydrogens (tertiary/aromatic N) is 1. The van der Waals surface area contributed by atoms with E-state index in [0.717, 1.165) is 24.5 Å². The van der Waals surface area contributed by atoms with Gasteiger partial charge < -0.3 is 5.32 Å². The molecule has 19 heavy (non-hydrogen) atoms. The molecule has 0 radical (unpaired) electrons. The number of hydrogen-bond acceptors (Lipinski definition) is 2. The Bertz CT molecular complexity index is 524. The van der Waals surface area contributed by atoms with Crippen LogP contribution in [-0.2, 0) is 6.54 Å². The van der Waals surface area contributed by atoms with Gasteiger partial charge in [-0.05, 0) is 30.5 Å². The summed E-state index contributed by atoms with van der Waals surface area (Å²) in [6.07, 6.45) is 8.98. The van der Waals surface area contributed by atoms with Gasteiger partial charge in [0.05, 0.1) is 5.52 Å². The summed E-state index contributed by atoms with van der Waals surface area (Å²) in [7, 11) is 0. The van der Waals surface area contributed by atoms with Crippen molar-refractivity contribution < 1.29 is 0 Å². The van der Waals surface area contributed by atoms with Gasteiger partial charge in [0, 0.05) is 18.1 Å². The van der Waals surface area contributed by atoms with Crippen LogP contribution in [0, 0.1) is 5.92 Å². The lowest BCUT2D eigenvalue weighted by molar-refractivity contribution is 0.477. The maximum Gasteiger partial charge on any atom is 0.0746 e. The van der Waals surface area contributed by atoms with Gasteiger partial charge in [0.2, 0.25) is 0 Å². The van der Waals surface area contributed by atoms with E-state index in [1.165, 1.54) is 43.1 Å². The molecule has 0 amide bonds. The van der Waals surface area contributed by atoms with Crippen LogP contribution in [0.3, 0.4) is 0 Å². The second kappa shape index (κ2) is 6.16. The third-order valence-electron chi connectivity index (χ3n) is 4.24. The first-order chi connectivity index (χ1) is 9.43. The Morgan fingerprint density at radius 3 is 2.84 bits per heavy atom. The molecular weight excluding hydrogens is 232 g/mol. The van der Waals surface area contributed by atoms with Crippen LogP contribution in [-0.4, -0.2) is 11.5 Å². The number of para-hydroxylation sites is 1. The van der Waals surface area contributed by atoms with Crippen molar-refractivity contribution in [2.75, 3.05) is 6.54 Å². The Morgan fingerprint density at radius 1 is 1.11 bits per heavy atom. The maximum absolute atomic E-state index is 4.50. The monoisotopic (exact) mass is 254 g/mol. The van der Waals surface area contributed by atoms with E-state index in [0.29, 0.717) is 0 Å². The molecule has 2 heteroatoms. The number of fused-ring (bicyclic) bond motifs is 1. The lowest BCUT2D eigenvalue weighted by atomic mass is 10.0.